The van der Waals surface area contributed by atoms with Crippen LogP contribution in [0.4, 0.5) is 0 Å². The van der Waals surface area contributed by atoms with Gasteiger partial charge in [-0.2, -0.15) is 0 Å². The lowest BCUT2D eigenvalue weighted by Crippen LogP contribution is -2.45. The first-order valence-corrected chi connectivity index (χ1v) is 6.56. The molecule has 0 aromatic carbocycles. The van der Waals surface area contributed by atoms with Gasteiger partial charge >= 0.3 is 0 Å². The fourth-order valence-electron chi connectivity index (χ4n) is 2.72. The standard InChI is InChI=1S/C13H29N3/c1-6-16(12(2)9-15(4)5)11-13(3)7-8-14-10-13/h12,14H,6-11H2,1-5H3. The van der Waals surface area contributed by atoms with Gasteiger partial charge in [-0.05, 0) is 45.9 Å². The summed E-state index contributed by atoms with van der Waals surface area (Å²) < 4.78 is 0. The summed E-state index contributed by atoms with van der Waals surface area (Å²) in [6, 6.07) is 0.650. The number of rotatable bonds is 6. The van der Waals surface area contributed by atoms with Crippen LogP contribution in [0, 0.1) is 5.41 Å². The summed E-state index contributed by atoms with van der Waals surface area (Å²) in [6.07, 6.45) is 1.32. The van der Waals surface area contributed by atoms with E-state index < -0.39 is 0 Å². The number of nitrogens with zero attached hydrogens (tertiary/aromatic N) is 2. The van der Waals surface area contributed by atoms with E-state index in [0.29, 0.717) is 11.5 Å². The number of hydrogen-bond donors (Lipinski definition) is 1. The quantitative estimate of drug-likeness (QED) is 0.737. The Bertz CT molecular complexity index is 197. The van der Waals surface area contributed by atoms with Crippen molar-refractivity contribution in [1.29, 1.82) is 0 Å². The van der Waals surface area contributed by atoms with Crippen molar-refractivity contribution in [1.82, 2.24) is 15.1 Å². The van der Waals surface area contributed by atoms with Gasteiger partial charge < -0.3 is 10.2 Å². The van der Waals surface area contributed by atoms with Crippen LogP contribution in [-0.2, 0) is 0 Å². The SMILES string of the molecule is CCN(CC1(C)CCNC1)C(C)CN(C)C. The van der Waals surface area contributed by atoms with Crippen LogP contribution in [0.25, 0.3) is 0 Å². The van der Waals surface area contributed by atoms with E-state index in [1.54, 1.807) is 0 Å². The zero-order valence-electron chi connectivity index (χ0n) is 11.7. The van der Waals surface area contributed by atoms with E-state index in [0.717, 1.165) is 13.1 Å². The van der Waals surface area contributed by atoms with Gasteiger partial charge in [-0.25, -0.2) is 0 Å². The van der Waals surface area contributed by atoms with Gasteiger partial charge in [0.25, 0.3) is 0 Å². The molecule has 0 bridgehead atoms. The maximum absolute atomic E-state index is 3.48. The summed E-state index contributed by atoms with van der Waals surface area (Å²) >= 11 is 0. The van der Waals surface area contributed by atoms with E-state index in [9.17, 15) is 0 Å². The van der Waals surface area contributed by atoms with Crippen molar-refractivity contribution >= 4 is 0 Å². The Morgan fingerprint density at radius 1 is 1.38 bits per heavy atom. The van der Waals surface area contributed by atoms with E-state index in [-0.39, 0.29) is 0 Å². The molecule has 3 heteroatoms. The van der Waals surface area contributed by atoms with Crippen molar-refractivity contribution in [3.8, 4) is 0 Å². The van der Waals surface area contributed by atoms with Gasteiger partial charge in [-0.3, -0.25) is 4.90 Å². The highest BCUT2D eigenvalue weighted by Crippen LogP contribution is 2.26. The lowest BCUT2D eigenvalue weighted by Gasteiger charge is -2.36. The minimum atomic E-state index is 0.483. The molecule has 0 amide bonds. The molecule has 0 aliphatic carbocycles. The van der Waals surface area contributed by atoms with Gasteiger partial charge in [0.1, 0.15) is 0 Å². The van der Waals surface area contributed by atoms with E-state index in [1.807, 2.05) is 0 Å². The van der Waals surface area contributed by atoms with Crippen LogP contribution in [0.5, 0.6) is 0 Å². The average Bonchev–Trinajstić information content (AvgIpc) is 2.61. The summed E-state index contributed by atoms with van der Waals surface area (Å²) in [5, 5.41) is 3.48. The van der Waals surface area contributed by atoms with Crippen LogP contribution in [-0.4, -0.2) is 62.7 Å². The zero-order chi connectivity index (χ0) is 12.2. The van der Waals surface area contributed by atoms with E-state index in [4.69, 9.17) is 0 Å². The summed E-state index contributed by atoms with van der Waals surface area (Å²) in [6.45, 7) is 12.9. The van der Waals surface area contributed by atoms with Gasteiger partial charge in [0.05, 0.1) is 0 Å². The molecule has 1 N–H and O–H groups in total. The minimum Gasteiger partial charge on any atom is -0.316 e. The second kappa shape index (κ2) is 5.99. The second-order valence-electron chi connectivity index (χ2n) is 5.91. The molecule has 1 rings (SSSR count). The van der Waals surface area contributed by atoms with Crippen LogP contribution < -0.4 is 5.32 Å². The third kappa shape index (κ3) is 4.04. The highest BCUT2D eigenvalue weighted by molar-refractivity contribution is 4.87. The Balaban J connectivity index is 2.47. The zero-order valence-corrected chi connectivity index (χ0v) is 11.7. The third-order valence-electron chi connectivity index (χ3n) is 3.70. The second-order valence-corrected chi connectivity index (χ2v) is 5.91. The third-order valence-corrected chi connectivity index (χ3v) is 3.70. The van der Waals surface area contributed by atoms with E-state index in [1.165, 1.54) is 26.1 Å². The molecule has 16 heavy (non-hydrogen) atoms. The van der Waals surface area contributed by atoms with Crippen molar-refractivity contribution in [2.75, 3.05) is 46.8 Å². The normalized spacial score (nSPS) is 27.9. The Hall–Kier alpha value is -0.120. The predicted molar refractivity (Wildman–Crippen MR) is 70.9 cm³/mol. The number of nitrogens with one attached hydrogen (secondary N) is 1. The summed E-state index contributed by atoms with van der Waals surface area (Å²) in [7, 11) is 4.31. The minimum absolute atomic E-state index is 0.483. The molecule has 1 aliphatic heterocycles. The monoisotopic (exact) mass is 227 g/mol. The molecule has 0 spiro atoms. The first-order valence-electron chi connectivity index (χ1n) is 6.56. The largest absolute Gasteiger partial charge is 0.316 e. The van der Waals surface area contributed by atoms with Gasteiger partial charge in [0.2, 0.25) is 0 Å². The van der Waals surface area contributed by atoms with Crippen LogP contribution in [0.15, 0.2) is 0 Å². The van der Waals surface area contributed by atoms with Crippen LogP contribution >= 0.6 is 0 Å². The molecule has 1 fully saturated rings. The summed E-state index contributed by atoms with van der Waals surface area (Å²) in [5.74, 6) is 0. The topological polar surface area (TPSA) is 18.5 Å². The van der Waals surface area contributed by atoms with Crippen LogP contribution in [0.2, 0.25) is 0 Å². The smallest absolute Gasteiger partial charge is 0.0194 e. The molecular weight excluding hydrogens is 198 g/mol. The van der Waals surface area contributed by atoms with Gasteiger partial charge in [-0.15, -0.1) is 0 Å². The van der Waals surface area contributed by atoms with Crippen LogP contribution in [0.1, 0.15) is 27.2 Å². The van der Waals surface area contributed by atoms with Crippen LogP contribution in [0.3, 0.4) is 0 Å². The van der Waals surface area contributed by atoms with Gasteiger partial charge in [-0.1, -0.05) is 13.8 Å². The molecule has 0 radical (unpaired) electrons. The van der Waals surface area contributed by atoms with E-state index >= 15 is 0 Å². The van der Waals surface area contributed by atoms with Crippen molar-refractivity contribution < 1.29 is 0 Å². The molecule has 2 atom stereocenters. The molecule has 1 aliphatic rings. The Labute approximate surface area is 101 Å². The Morgan fingerprint density at radius 2 is 2.06 bits per heavy atom. The lowest BCUT2D eigenvalue weighted by molar-refractivity contribution is 0.124. The van der Waals surface area contributed by atoms with Crippen molar-refractivity contribution in [2.24, 2.45) is 5.41 Å². The maximum Gasteiger partial charge on any atom is 0.0194 e. The van der Waals surface area contributed by atoms with Crippen molar-refractivity contribution in [3.05, 3.63) is 0 Å². The first kappa shape index (κ1) is 13.9. The number of likely N-dealkylation sites (N-methyl/N-ethyl adjacent to an activating group) is 2. The molecular formula is C13H29N3. The Morgan fingerprint density at radius 3 is 2.50 bits per heavy atom. The van der Waals surface area contributed by atoms with Gasteiger partial charge in [0, 0.05) is 25.7 Å². The highest BCUT2D eigenvalue weighted by Gasteiger charge is 2.31. The molecule has 3 nitrogen and oxygen atoms in total. The lowest BCUT2D eigenvalue weighted by atomic mass is 9.88. The van der Waals surface area contributed by atoms with Gasteiger partial charge in [0.15, 0.2) is 0 Å². The summed E-state index contributed by atoms with van der Waals surface area (Å²) in [4.78, 5) is 4.90. The highest BCUT2D eigenvalue weighted by atomic mass is 15.2. The van der Waals surface area contributed by atoms with Crippen molar-refractivity contribution in [3.63, 3.8) is 0 Å². The fourth-order valence-corrected chi connectivity index (χ4v) is 2.72. The fraction of sp³-hybridized carbons (Fsp3) is 1.00. The van der Waals surface area contributed by atoms with E-state index in [2.05, 4.69) is 50.0 Å². The maximum atomic E-state index is 3.48. The molecule has 0 aromatic rings. The molecule has 1 heterocycles. The molecule has 0 saturated carbocycles. The molecule has 1 saturated heterocycles. The molecule has 2 unspecified atom stereocenters. The Kier molecular flexibility index (Phi) is 5.22. The summed E-state index contributed by atoms with van der Waals surface area (Å²) in [5.41, 5.74) is 0.483. The first-order chi connectivity index (χ1) is 7.47. The molecule has 0 aromatic heterocycles. The molecule has 96 valence electrons. The average molecular weight is 227 g/mol. The predicted octanol–water partition coefficient (Wildman–Crippen LogP) is 1.26. The number of hydrogen-bond acceptors (Lipinski definition) is 3. The van der Waals surface area contributed by atoms with Crippen molar-refractivity contribution in [2.45, 2.75) is 33.2 Å².